The Morgan fingerprint density at radius 2 is 1.09 bits per heavy atom. The monoisotopic (exact) mass is 448 g/mol. The molecule has 0 saturated carbocycles. The number of halogens is 5. The standard InChI is InChI=1S/C24H17F5O3/c1-30-18-8-2-15(3-9-18)22(16-4-10-19(11-5-16)31-14-21(25)26)17-6-12-20(13-7-17)32-24(29)23(27)28/h2-14,22H,1H3. The summed E-state index contributed by atoms with van der Waals surface area (Å²) in [6, 6.07) is 17.9. The maximum Gasteiger partial charge on any atom is 0.344 e. The van der Waals surface area contributed by atoms with E-state index >= 15 is 0 Å². The molecule has 0 aromatic heterocycles. The third kappa shape index (κ3) is 5.87. The van der Waals surface area contributed by atoms with E-state index in [9.17, 15) is 22.0 Å². The molecule has 3 nitrogen and oxygen atoms in total. The Morgan fingerprint density at radius 3 is 1.50 bits per heavy atom. The molecular weight excluding hydrogens is 431 g/mol. The smallest absolute Gasteiger partial charge is 0.344 e. The molecule has 0 aliphatic carbocycles. The number of methoxy groups -OCH3 is 1. The highest BCUT2D eigenvalue weighted by molar-refractivity contribution is 5.47. The lowest BCUT2D eigenvalue weighted by Gasteiger charge is -2.20. The van der Waals surface area contributed by atoms with Gasteiger partial charge in [-0.3, -0.25) is 0 Å². The number of ether oxygens (including phenoxy) is 3. The fourth-order valence-electron chi connectivity index (χ4n) is 3.10. The molecule has 0 bridgehead atoms. The van der Waals surface area contributed by atoms with Crippen LogP contribution in [0.5, 0.6) is 17.2 Å². The molecule has 0 N–H and O–H groups in total. The third-order valence-corrected chi connectivity index (χ3v) is 4.52. The van der Waals surface area contributed by atoms with Crippen molar-refractivity contribution in [3.63, 3.8) is 0 Å². The van der Waals surface area contributed by atoms with Crippen molar-refractivity contribution in [3.8, 4) is 17.2 Å². The highest BCUT2D eigenvalue weighted by Gasteiger charge is 2.18. The molecule has 0 aliphatic rings. The first-order valence-electron chi connectivity index (χ1n) is 9.27. The summed E-state index contributed by atoms with van der Waals surface area (Å²) in [5.74, 6) is 0.497. The molecule has 166 valence electrons. The average Bonchev–Trinajstić information content (AvgIpc) is 2.80. The largest absolute Gasteiger partial charge is 0.497 e. The van der Waals surface area contributed by atoms with Crippen LogP contribution in [0.25, 0.3) is 0 Å². The minimum Gasteiger partial charge on any atom is -0.497 e. The fourth-order valence-corrected chi connectivity index (χ4v) is 3.10. The highest BCUT2D eigenvalue weighted by atomic mass is 19.3. The van der Waals surface area contributed by atoms with Gasteiger partial charge in [-0.15, -0.1) is 0 Å². The van der Waals surface area contributed by atoms with Gasteiger partial charge in [-0.05, 0) is 53.1 Å². The van der Waals surface area contributed by atoms with Crippen LogP contribution in [0.3, 0.4) is 0 Å². The van der Waals surface area contributed by atoms with E-state index in [2.05, 4.69) is 4.74 Å². The minimum absolute atomic E-state index is 0.0867. The van der Waals surface area contributed by atoms with E-state index in [1.165, 1.54) is 12.1 Å². The van der Waals surface area contributed by atoms with Crippen LogP contribution in [-0.4, -0.2) is 7.11 Å². The maximum absolute atomic E-state index is 13.1. The van der Waals surface area contributed by atoms with Crippen molar-refractivity contribution in [1.82, 2.24) is 0 Å². The molecule has 8 heteroatoms. The van der Waals surface area contributed by atoms with E-state index in [1.54, 1.807) is 55.6 Å². The zero-order chi connectivity index (χ0) is 23.1. The molecule has 0 aliphatic heterocycles. The van der Waals surface area contributed by atoms with Gasteiger partial charge >= 0.3 is 18.2 Å². The van der Waals surface area contributed by atoms with Crippen LogP contribution in [0.1, 0.15) is 22.6 Å². The van der Waals surface area contributed by atoms with Gasteiger partial charge in [0, 0.05) is 5.92 Å². The van der Waals surface area contributed by atoms with E-state index in [0.29, 0.717) is 12.0 Å². The maximum atomic E-state index is 13.1. The highest BCUT2D eigenvalue weighted by Crippen LogP contribution is 2.35. The van der Waals surface area contributed by atoms with Crippen LogP contribution >= 0.6 is 0 Å². The Hall–Kier alpha value is -3.81. The second kappa shape index (κ2) is 10.5. The van der Waals surface area contributed by atoms with Gasteiger partial charge in [-0.2, -0.15) is 22.0 Å². The minimum atomic E-state index is -2.55. The Morgan fingerprint density at radius 1 is 0.656 bits per heavy atom. The molecule has 0 fully saturated rings. The Labute approximate surface area is 181 Å². The summed E-state index contributed by atoms with van der Waals surface area (Å²) in [6.07, 6.45) is -4.15. The van der Waals surface area contributed by atoms with E-state index in [-0.39, 0.29) is 17.4 Å². The summed E-state index contributed by atoms with van der Waals surface area (Å²) >= 11 is 0. The number of rotatable bonds is 8. The van der Waals surface area contributed by atoms with Gasteiger partial charge < -0.3 is 14.2 Å². The Balaban J connectivity index is 1.96. The molecule has 1 atom stereocenters. The predicted molar refractivity (Wildman–Crippen MR) is 109 cm³/mol. The third-order valence-electron chi connectivity index (χ3n) is 4.52. The van der Waals surface area contributed by atoms with Crippen molar-refractivity contribution in [1.29, 1.82) is 0 Å². The van der Waals surface area contributed by atoms with Crippen molar-refractivity contribution in [2.75, 3.05) is 7.11 Å². The van der Waals surface area contributed by atoms with Crippen LogP contribution in [0.15, 0.2) is 97.2 Å². The second-order valence-corrected chi connectivity index (χ2v) is 6.51. The lowest BCUT2D eigenvalue weighted by atomic mass is 9.85. The number of hydrogen-bond acceptors (Lipinski definition) is 3. The van der Waals surface area contributed by atoms with E-state index in [0.717, 1.165) is 16.7 Å². The van der Waals surface area contributed by atoms with Gasteiger partial charge in [0.15, 0.2) is 6.26 Å². The van der Waals surface area contributed by atoms with Crippen LogP contribution in [0.4, 0.5) is 22.0 Å². The normalized spacial score (nSPS) is 11.3. The average molecular weight is 448 g/mol. The summed E-state index contributed by atoms with van der Waals surface area (Å²) in [5.41, 5.74) is 2.45. The van der Waals surface area contributed by atoms with Gasteiger partial charge in [-0.25, -0.2) is 0 Å². The van der Waals surface area contributed by atoms with Crippen LogP contribution in [0.2, 0.25) is 0 Å². The molecule has 0 radical (unpaired) electrons. The van der Waals surface area contributed by atoms with Gasteiger partial charge in [-0.1, -0.05) is 36.4 Å². The van der Waals surface area contributed by atoms with Crippen molar-refractivity contribution in [2.45, 2.75) is 5.92 Å². The van der Waals surface area contributed by atoms with Crippen LogP contribution in [0, 0.1) is 0 Å². The molecule has 3 aromatic carbocycles. The summed E-state index contributed by atoms with van der Waals surface area (Å²) in [6.45, 7) is 0. The van der Waals surface area contributed by atoms with Crippen molar-refractivity contribution in [2.24, 2.45) is 0 Å². The molecule has 0 amide bonds. The van der Waals surface area contributed by atoms with Gasteiger partial charge in [0.05, 0.1) is 7.11 Å². The topological polar surface area (TPSA) is 27.7 Å². The SMILES string of the molecule is COc1ccc(C(c2ccc(OC=C(F)F)cc2)c2ccc(OC(F)=C(F)F)cc2)cc1. The second-order valence-electron chi connectivity index (χ2n) is 6.51. The van der Waals surface area contributed by atoms with E-state index in [1.807, 2.05) is 12.1 Å². The van der Waals surface area contributed by atoms with Gasteiger partial charge in [0.25, 0.3) is 0 Å². The first-order valence-corrected chi connectivity index (χ1v) is 9.27. The quantitative estimate of drug-likeness (QED) is 0.204. The molecule has 32 heavy (non-hydrogen) atoms. The molecule has 3 rings (SSSR count). The summed E-state index contributed by atoms with van der Waals surface area (Å²) in [5, 5.41) is 0. The van der Waals surface area contributed by atoms with Crippen LogP contribution < -0.4 is 14.2 Å². The first-order chi connectivity index (χ1) is 15.4. The van der Waals surface area contributed by atoms with Crippen molar-refractivity contribution >= 4 is 0 Å². The molecular formula is C24H17F5O3. The van der Waals surface area contributed by atoms with Crippen molar-refractivity contribution in [3.05, 3.63) is 114 Å². The molecule has 1 unspecified atom stereocenters. The first kappa shape index (κ1) is 22.9. The van der Waals surface area contributed by atoms with Gasteiger partial charge in [0.1, 0.15) is 17.2 Å². The lowest BCUT2D eigenvalue weighted by Crippen LogP contribution is -2.04. The Kier molecular flexibility index (Phi) is 7.49. The number of hydrogen-bond donors (Lipinski definition) is 0. The van der Waals surface area contributed by atoms with E-state index in [4.69, 9.17) is 9.47 Å². The Bertz CT molecular complexity index is 1080. The number of benzene rings is 3. The molecule has 0 spiro atoms. The zero-order valence-electron chi connectivity index (χ0n) is 16.7. The van der Waals surface area contributed by atoms with E-state index < -0.39 is 18.2 Å². The summed E-state index contributed by atoms with van der Waals surface area (Å²) in [7, 11) is 1.55. The van der Waals surface area contributed by atoms with Gasteiger partial charge in [0.2, 0.25) is 0 Å². The predicted octanol–water partition coefficient (Wildman–Crippen LogP) is 7.41. The fraction of sp³-hybridized carbons (Fsp3) is 0.0833. The molecule has 0 heterocycles. The summed E-state index contributed by atoms with van der Waals surface area (Å²) < 4.78 is 76.6. The van der Waals surface area contributed by atoms with Crippen LogP contribution in [-0.2, 0) is 0 Å². The van der Waals surface area contributed by atoms with Crippen molar-refractivity contribution < 1.29 is 36.2 Å². The molecule has 3 aromatic rings. The summed E-state index contributed by atoms with van der Waals surface area (Å²) in [4.78, 5) is 0. The zero-order valence-corrected chi connectivity index (χ0v) is 16.7. The lowest BCUT2D eigenvalue weighted by molar-refractivity contribution is 0.241. The molecule has 0 saturated heterocycles.